The maximum absolute atomic E-state index is 13.4. The Balaban J connectivity index is 1.53. The molecule has 0 bridgehead atoms. The first-order chi connectivity index (χ1) is 12.0. The molecule has 5 heteroatoms. The summed E-state index contributed by atoms with van der Waals surface area (Å²) < 4.78 is 0. The smallest absolute Gasteiger partial charge is 0.317 e. The van der Waals surface area contributed by atoms with Crippen LogP contribution in [0.15, 0.2) is 18.2 Å². The molecule has 4 rings (SSSR count). The molecule has 2 saturated heterocycles. The third-order valence-electron chi connectivity index (χ3n) is 5.95. The van der Waals surface area contributed by atoms with Crippen LogP contribution in [0.4, 0.5) is 4.79 Å². The highest BCUT2D eigenvalue weighted by Crippen LogP contribution is 2.50. The van der Waals surface area contributed by atoms with E-state index in [0.717, 1.165) is 45.3 Å². The van der Waals surface area contributed by atoms with Crippen molar-refractivity contribution in [3.05, 3.63) is 34.9 Å². The zero-order valence-electron chi connectivity index (χ0n) is 15.2. The maximum atomic E-state index is 13.4. The number of hydrogen-bond donors (Lipinski definition) is 1. The van der Waals surface area contributed by atoms with Crippen molar-refractivity contribution in [1.82, 2.24) is 15.1 Å². The Morgan fingerprint density at radius 2 is 1.88 bits per heavy atom. The molecule has 0 spiro atoms. The number of rotatable bonds is 3. The van der Waals surface area contributed by atoms with Crippen molar-refractivity contribution in [3.63, 3.8) is 0 Å². The van der Waals surface area contributed by atoms with Gasteiger partial charge in [-0.2, -0.15) is 0 Å². The summed E-state index contributed by atoms with van der Waals surface area (Å²) in [4.78, 5) is 29.3. The normalized spacial score (nSPS) is 25.0. The largest absolute Gasteiger partial charge is 0.340 e. The molecule has 2 heterocycles. The first-order valence-corrected chi connectivity index (χ1v) is 9.42. The van der Waals surface area contributed by atoms with Crippen molar-refractivity contribution < 1.29 is 9.59 Å². The van der Waals surface area contributed by atoms with E-state index < -0.39 is 0 Å². The van der Waals surface area contributed by atoms with Crippen LogP contribution < -0.4 is 5.32 Å². The van der Waals surface area contributed by atoms with Gasteiger partial charge in [0, 0.05) is 26.2 Å². The Labute approximate surface area is 149 Å². The van der Waals surface area contributed by atoms with Gasteiger partial charge in [-0.1, -0.05) is 29.3 Å². The van der Waals surface area contributed by atoms with Crippen molar-refractivity contribution in [3.8, 4) is 0 Å². The molecule has 1 N–H and O–H groups in total. The summed E-state index contributed by atoms with van der Waals surface area (Å²) in [6, 6.07) is 6.69. The lowest BCUT2D eigenvalue weighted by molar-refractivity contribution is -0.135. The highest BCUT2D eigenvalue weighted by Gasteiger charge is 2.53. The van der Waals surface area contributed by atoms with Crippen LogP contribution in [0.1, 0.15) is 42.4 Å². The second-order valence-corrected chi connectivity index (χ2v) is 7.93. The van der Waals surface area contributed by atoms with Gasteiger partial charge >= 0.3 is 6.03 Å². The topological polar surface area (TPSA) is 52.7 Å². The molecule has 5 nitrogen and oxygen atoms in total. The first kappa shape index (κ1) is 16.4. The summed E-state index contributed by atoms with van der Waals surface area (Å²) in [6.07, 6.45) is 3.86. The Bertz CT molecular complexity index is 691. The van der Waals surface area contributed by atoms with E-state index in [-0.39, 0.29) is 23.4 Å². The first-order valence-electron chi connectivity index (χ1n) is 9.42. The summed E-state index contributed by atoms with van der Waals surface area (Å²) in [5.41, 5.74) is 3.31. The number of amides is 3. The molecule has 0 unspecified atom stereocenters. The number of aryl methyl sites for hydroxylation is 2. The summed E-state index contributed by atoms with van der Waals surface area (Å²) in [5.74, 6) is 0.266. The van der Waals surface area contributed by atoms with Crippen LogP contribution in [-0.4, -0.2) is 54.0 Å². The van der Waals surface area contributed by atoms with Gasteiger partial charge in [0.1, 0.15) is 0 Å². The van der Waals surface area contributed by atoms with Crippen LogP contribution in [0.3, 0.4) is 0 Å². The van der Waals surface area contributed by atoms with Gasteiger partial charge in [-0.05, 0) is 45.1 Å². The quantitative estimate of drug-likeness (QED) is 0.917. The molecule has 1 aromatic carbocycles. The van der Waals surface area contributed by atoms with Gasteiger partial charge in [0.25, 0.3) is 0 Å². The molecular formula is C20H27N3O2. The number of carbonyl (C=O) groups excluding carboxylic acids is 2. The summed E-state index contributed by atoms with van der Waals surface area (Å²) >= 11 is 0. The van der Waals surface area contributed by atoms with Crippen LogP contribution in [0.25, 0.3) is 0 Å². The van der Waals surface area contributed by atoms with Gasteiger partial charge in [0.2, 0.25) is 5.91 Å². The summed E-state index contributed by atoms with van der Waals surface area (Å²) in [5, 5.41) is 2.88. The number of urea groups is 1. The average Bonchev–Trinajstić information content (AvgIpc) is 3.29. The standard InChI is InChI=1S/C20H27N3O2/c1-14-10-15(2)12-16(11-14)20(5-6-20)18(24)22-8-3-4-17(13-22)23-9-7-21-19(23)25/h10-12,17H,3-9,13H2,1-2H3,(H,21,25)/t17-/m0/s1. The van der Waals surface area contributed by atoms with E-state index in [9.17, 15) is 9.59 Å². The van der Waals surface area contributed by atoms with E-state index in [1.165, 1.54) is 16.7 Å². The highest BCUT2D eigenvalue weighted by atomic mass is 16.2. The number of carbonyl (C=O) groups is 2. The molecule has 0 aromatic heterocycles. The third-order valence-corrected chi connectivity index (χ3v) is 5.95. The van der Waals surface area contributed by atoms with Gasteiger partial charge in [-0.25, -0.2) is 4.79 Å². The minimum Gasteiger partial charge on any atom is -0.340 e. The highest BCUT2D eigenvalue weighted by molar-refractivity contribution is 5.91. The molecular weight excluding hydrogens is 314 g/mol. The fraction of sp³-hybridized carbons (Fsp3) is 0.600. The lowest BCUT2D eigenvalue weighted by atomic mass is 9.90. The molecule has 1 aliphatic carbocycles. The minimum atomic E-state index is -0.314. The molecule has 134 valence electrons. The van der Waals surface area contributed by atoms with Crippen molar-refractivity contribution in [2.45, 2.75) is 51.0 Å². The Hall–Kier alpha value is -2.04. The van der Waals surface area contributed by atoms with E-state index in [1.54, 1.807) is 0 Å². The Kier molecular flexibility index (Phi) is 3.97. The van der Waals surface area contributed by atoms with E-state index in [4.69, 9.17) is 0 Å². The number of hydrogen-bond acceptors (Lipinski definition) is 2. The molecule has 1 atom stereocenters. The van der Waals surface area contributed by atoms with Crippen molar-refractivity contribution in [2.75, 3.05) is 26.2 Å². The number of likely N-dealkylation sites (tertiary alicyclic amines) is 1. The number of nitrogens with zero attached hydrogens (tertiary/aromatic N) is 2. The van der Waals surface area contributed by atoms with Gasteiger partial charge in [0.15, 0.2) is 0 Å². The lowest BCUT2D eigenvalue weighted by Crippen LogP contribution is -2.52. The monoisotopic (exact) mass is 341 g/mol. The van der Waals surface area contributed by atoms with E-state index in [1.807, 2.05) is 9.80 Å². The molecule has 25 heavy (non-hydrogen) atoms. The molecule has 0 radical (unpaired) electrons. The average molecular weight is 341 g/mol. The van der Waals surface area contributed by atoms with E-state index >= 15 is 0 Å². The van der Waals surface area contributed by atoms with Gasteiger partial charge in [-0.15, -0.1) is 0 Å². The second-order valence-electron chi connectivity index (χ2n) is 7.93. The number of piperidine rings is 1. The van der Waals surface area contributed by atoms with Gasteiger partial charge < -0.3 is 15.1 Å². The number of nitrogens with one attached hydrogen (secondary N) is 1. The molecule has 1 aromatic rings. The van der Waals surface area contributed by atoms with E-state index in [2.05, 4.69) is 37.4 Å². The third kappa shape index (κ3) is 2.90. The van der Waals surface area contributed by atoms with Crippen LogP contribution in [0.5, 0.6) is 0 Å². The maximum Gasteiger partial charge on any atom is 0.317 e. The van der Waals surface area contributed by atoms with Crippen molar-refractivity contribution >= 4 is 11.9 Å². The molecule has 3 fully saturated rings. The second kappa shape index (κ2) is 6.04. The van der Waals surface area contributed by atoms with Crippen molar-refractivity contribution in [1.29, 1.82) is 0 Å². The molecule has 3 amide bonds. The minimum absolute atomic E-state index is 0.0229. The SMILES string of the molecule is Cc1cc(C)cc(C2(C(=O)N3CCC[C@H](N4CCNC4=O)C3)CC2)c1. The van der Waals surface area contributed by atoms with Gasteiger partial charge in [-0.3, -0.25) is 4.79 Å². The summed E-state index contributed by atoms with van der Waals surface area (Å²) in [7, 11) is 0. The fourth-order valence-corrected chi connectivity index (χ4v) is 4.53. The van der Waals surface area contributed by atoms with Crippen LogP contribution in [0.2, 0.25) is 0 Å². The Morgan fingerprint density at radius 3 is 2.48 bits per heavy atom. The summed E-state index contributed by atoms with van der Waals surface area (Å²) in [6.45, 7) is 7.17. The molecule has 1 saturated carbocycles. The van der Waals surface area contributed by atoms with E-state index in [0.29, 0.717) is 6.54 Å². The zero-order valence-corrected chi connectivity index (χ0v) is 15.2. The van der Waals surface area contributed by atoms with Crippen molar-refractivity contribution in [2.24, 2.45) is 0 Å². The zero-order chi connectivity index (χ0) is 17.6. The van der Waals surface area contributed by atoms with Gasteiger partial charge in [0.05, 0.1) is 11.5 Å². The predicted molar refractivity (Wildman–Crippen MR) is 96.5 cm³/mol. The fourth-order valence-electron chi connectivity index (χ4n) is 4.53. The molecule has 3 aliphatic rings. The van der Waals surface area contributed by atoms with Crippen LogP contribution in [-0.2, 0) is 10.2 Å². The molecule has 2 aliphatic heterocycles. The predicted octanol–water partition coefficient (Wildman–Crippen LogP) is 2.35. The van der Waals surface area contributed by atoms with Crippen LogP contribution >= 0.6 is 0 Å². The number of benzene rings is 1. The Morgan fingerprint density at radius 1 is 1.16 bits per heavy atom. The lowest BCUT2D eigenvalue weighted by Gasteiger charge is -2.38. The van der Waals surface area contributed by atoms with Crippen LogP contribution in [0, 0.1) is 13.8 Å².